The summed E-state index contributed by atoms with van der Waals surface area (Å²) in [4.78, 5) is 34.3. The highest BCUT2D eigenvalue weighted by Gasteiger charge is 2.27. The van der Waals surface area contributed by atoms with Crippen molar-refractivity contribution >= 4 is 40.8 Å². The van der Waals surface area contributed by atoms with Gasteiger partial charge < -0.3 is 24.5 Å². The average molecular weight is 376 g/mol. The zero-order valence-corrected chi connectivity index (χ0v) is 16.3. The predicted molar refractivity (Wildman–Crippen MR) is 104 cm³/mol. The highest BCUT2D eigenvalue weighted by Crippen LogP contribution is 2.27. The second kappa shape index (κ2) is 6.75. The highest BCUT2D eigenvalue weighted by molar-refractivity contribution is 7.71. The molecule has 1 amide bonds. The molecule has 0 unspecified atom stereocenters. The molecule has 140 valence electrons. The van der Waals surface area contributed by atoms with Crippen LogP contribution in [0.3, 0.4) is 0 Å². The van der Waals surface area contributed by atoms with Gasteiger partial charge in [0.2, 0.25) is 0 Å². The van der Waals surface area contributed by atoms with Crippen molar-refractivity contribution in [1.82, 2.24) is 14.9 Å². The van der Waals surface area contributed by atoms with E-state index >= 15 is 0 Å². The first-order valence-corrected chi connectivity index (χ1v) is 9.05. The Kier molecular flexibility index (Phi) is 4.79. The molecule has 1 aliphatic rings. The molecule has 0 radical (unpaired) electrons. The number of ketones is 1. The van der Waals surface area contributed by atoms with Crippen LogP contribution in [0.5, 0.6) is 0 Å². The van der Waals surface area contributed by atoms with Gasteiger partial charge in [-0.25, -0.2) is 4.79 Å². The number of carbonyl (C=O) groups is 2. The van der Waals surface area contributed by atoms with Crippen molar-refractivity contribution in [3.8, 4) is 0 Å². The SMILES string of the molecule is CC(=O)c1cc2[nH]c(=S)[nH]c2cc1N1CCN(C(=O)OC(C)(C)C)CC1. The molecule has 7 nitrogen and oxygen atoms in total. The topological polar surface area (TPSA) is 81.4 Å². The smallest absolute Gasteiger partial charge is 0.410 e. The number of rotatable bonds is 2. The third-order valence-electron chi connectivity index (χ3n) is 4.28. The Labute approximate surface area is 157 Å². The maximum atomic E-state index is 12.2. The molecule has 26 heavy (non-hydrogen) atoms. The number of Topliss-reactive ketones (excluding diaryl/α,β-unsaturated/α-hetero) is 1. The number of carbonyl (C=O) groups excluding carboxylic acids is 2. The van der Waals surface area contributed by atoms with Gasteiger partial charge in [0, 0.05) is 37.4 Å². The fraction of sp³-hybridized carbons (Fsp3) is 0.500. The lowest BCUT2D eigenvalue weighted by atomic mass is 10.1. The summed E-state index contributed by atoms with van der Waals surface area (Å²) in [5.41, 5.74) is 2.68. The Morgan fingerprint density at radius 1 is 1.08 bits per heavy atom. The normalized spacial score (nSPS) is 15.4. The van der Waals surface area contributed by atoms with Gasteiger partial charge in [-0.3, -0.25) is 4.79 Å². The second-order valence-corrected chi connectivity index (χ2v) is 7.91. The summed E-state index contributed by atoms with van der Waals surface area (Å²) >= 11 is 5.14. The van der Waals surface area contributed by atoms with Crippen molar-refractivity contribution in [3.05, 3.63) is 22.5 Å². The largest absolute Gasteiger partial charge is 0.444 e. The van der Waals surface area contributed by atoms with Crippen LogP contribution in [0.2, 0.25) is 0 Å². The molecule has 3 rings (SSSR count). The first kappa shape index (κ1) is 18.4. The number of ether oxygens (including phenoxy) is 1. The Morgan fingerprint density at radius 2 is 1.65 bits per heavy atom. The third-order valence-corrected chi connectivity index (χ3v) is 4.49. The van der Waals surface area contributed by atoms with Crippen LogP contribution < -0.4 is 4.90 Å². The summed E-state index contributed by atoms with van der Waals surface area (Å²) < 4.78 is 5.96. The Hall–Kier alpha value is -2.35. The second-order valence-electron chi connectivity index (χ2n) is 7.50. The zero-order valence-electron chi connectivity index (χ0n) is 15.5. The predicted octanol–water partition coefficient (Wildman–Crippen LogP) is 3.49. The van der Waals surface area contributed by atoms with Gasteiger partial charge in [-0.2, -0.15) is 0 Å². The number of nitrogens with one attached hydrogen (secondary N) is 2. The van der Waals surface area contributed by atoms with E-state index in [1.165, 1.54) is 0 Å². The van der Waals surface area contributed by atoms with Gasteiger partial charge in [0.05, 0.1) is 11.0 Å². The van der Waals surface area contributed by atoms with Gasteiger partial charge in [0.1, 0.15) is 5.60 Å². The number of anilines is 1. The van der Waals surface area contributed by atoms with E-state index in [0.29, 0.717) is 36.5 Å². The summed E-state index contributed by atoms with van der Waals surface area (Å²) in [5.74, 6) is -0.00279. The number of piperazine rings is 1. The molecule has 1 aromatic heterocycles. The highest BCUT2D eigenvalue weighted by atomic mass is 32.1. The summed E-state index contributed by atoms with van der Waals surface area (Å²) in [6.45, 7) is 9.50. The summed E-state index contributed by atoms with van der Waals surface area (Å²) in [5, 5.41) is 0. The number of benzene rings is 1. The van der Waals surface area contributed by atoms with Gasteiger partial charge >= 0.3 is 6.09 Å². The van der Waals surface area contributed by atoms with Gasteiger partial charge in [0.15, 0.2) is 10.6 Å². The number of aromatic amines is 2. The summed E-state index contributed by atoms with van der Waals surface area (Å²) in [6, 6.07) is 3.78. The first-order valence-electron chi connectivity index (χ1n) is 8.64. The van der Waals surface area contributed by atoms with Crippen LogP contribution in [0.1, 0.15) is 38.1 Å². The van der Waals surface area contributed by atoms with E-state index in [9.17, 15) is 9.59 Å². The van der Waals surface area contributed by atoms with Crippen molar-refractivity contribution in [3.63, 3.8) is 0 Å². The molecular weight excluding hydrogens is 352 g/mol. The number of nitrogens with zero attached hydrogens (tertiary/aromatic N) is 2. The molecule has 8 heteroatoms. The molecule has 1 aliphatic heterocycles. The number of fused-ring (bicyclic) bond motifs is 1. The Bertz CT molecular complexity index is 901. The molecule has 0 bridgehead atoms. The number of hydrogen-bond acceptors (Lipinski definition) is 5. The van der Waals surface area contributed by atoms with E-state index in [0.717, 1.165) is 16.7 Å². The molecule has 0 spiro atoms. The summed E-state index contributed by atoms with van der Waals surface area (Å²) in [7, 11) is 0. The molecule has 1 saturated heterocycles. The quantitative estimate of drug-likeness (QED) is 0.619. The van der Waals surface area contributed by atoms with Crippen LogP contribution in [-0.2, 0) is 4.74 Å². The molecule has 0 atom stereocenters. The van der Waals surface area contributed by atoms with Crippen LogP contribution in [-0.4, -0.2) is 58.5 Å². The molecule has 2 aromatic rings. The van der Waals surface area contributed by atoms with E-state index in [-0.39, 0.29) is 11.9 Å². The third kappa shape index (κ3) is 3.90. The fourth-order valence-corrected chi connectivity index (χ4v) is 3.29. The van der Waals surface area contributed by atoms with E-state index in [1.807, 2.05) is 32.9 Å². The van der Waals surface area contributed by atoms with Gasteiger partial charge in [0.25, 0.3) is 0 Å². The van der Waals surface area contributed by atoms with Gasteiger partial charge in [-0.1, -0.05) is 0 Å². The van der Waals surface area contributed by atoms with E-state index in [4.69, 9.17) is 17.0 Å². The minimum Gasteiger partial charge on any atom is -0.444 e. The molecule has 0 aliphatic carbocycles. The maximum Gasteiger partial charge on any atom is 0.410 e. The standard InChI is InChI=1S/C18H24N4O3S/c1-11(23)12-9-13-14(20-16(26)19-13)10-15(12)21-5-7-22(8-6-21)17(24)25-18(2,3)4/h9-10H,5-8H2,1-4H3,(H2,19,20,26). The molecule has 2 heterocycles. The monoisotopic (exact) mass is 376 g/mol. The minimum atomic E-state index is -0.507. The first-order chi connectivity index (χ1) is 12.1. The van der Waals surface area contributed by atoms with Crippen molar-refractivity contribution in [1.29, 1.82) is 0 Å². The Balaban J connectivity index is 1.80. The molecular formula is C18H24N4O3S. The van der Waals surface area contributed by atoms with Crippen molar-refractivity contribution in [2.75, 3.05) is 31.1 Å². The lowest BCUT2D eigenvalue weighted by Crippen LogP contribution is -2.50. The van der Waals surface area contributed by atoms with Gasteiger partial charge in [-0.05, 0) is 52.0 Å². The van der Waals surface area contributed by atoms with Crippen LogP contribution in [0.4, 0.5) is 10.5 Å². The summed E-state index contributed by atoms with van der Waals surface area (Å²) in [6.07, 6.45) is -0.297. The van der Waals surface area contributed by atoms with Crippen LogP contribution in [0.25, 0.3) is 11.0 Å². The van der Waals surface area contributed by atoms with Crippen LogP contribution >= 0.6 is 12.2 Å². The van der Waals surface area contributed by atoms with Crippen molar-refractivity contribution in [2.24, 2.45) is 0 Å². The van der Waals surface area contributed by atoms with Crippen molar-refractivity contribution < 1.29 is 14.3 Å². The lowest BCUT2D eigenvalue weighted by Gasteiger charge is -2.37. The Morgan fingerprint density at radius 3 is 2.19 bits per heavy atom. The van der Waals surface area contributed by atoms with Crippen molar-refractivity contribution in [2.45, 2.75) is 33.3 Å². The number of aromatic nitrogens is 2. The fourth-order valence-electron chi connectivity index (χ4n) is 3.07. The average Bonchev–Trinajstić information content (AvgIpc) is 2.91. The van der Waals surface area contributed by atoms with Crippen LogP contribution in [0, 0.1) is 4.77 Å². The zero-order chi connectivity index (χ0) is 19.1. The minimum absolute atomic E-state index is 0.00279. The van der Waals surface area contributed by atoms with Crippen LogP contribution in [0.15, 0.2) is 12.1 Å². The number of imidazole rings is 1. The number of amides is 1. The molecule has 1 aromatic carbocycles. The maximum absolute atomic E-state index is 12.2. The molecule has 1 fully saturated rings. The van der Waals surface area contributed by atoms with E-state index in [1.54, 1.807) is 11.8 Å². The lowest BCUT2D eigenvalue weighted by molar-refractivity contribution is 0.0240. The number of hydrogen-bond donors (Lipinski definition) is 2. The number of H-pyrrole nitrogens is 2. The molecule has 0 saturated carbocycles. The van der Waals surface area contributed by atoms with Gasteiger partial charge in [-0.15, -0.1) is 0 Å². The van der Waals surface area contributed by atoms with E-state index in [2.05, 4.69) is 14.9 Å². The molecule has 2 N–H and O–H groups in total. The van der Waals surface area contributed by atoms with E-state index < -0.39 is 5.60 Å².